The fourth-order valence-corrected chi connectivity index (χ4v) is 3.91. The van der Waals surface area contributed by atoms with Crippen LogP contribution in [0.1, 0.15) is 28.8 Å². The Labute approximate surface area is 158 Å². The van der Waals surface area contributed by atoms with E-state index in [1.54, 1.807) is 29.0 Å². The van der Waals surface area contributed by atoms with Crippen molar-refractivity contribution in [3.63, 3.8) is 0 Å². The predicted octanol–water partition coefficient (Wildman–Crippen LogP) is 2.86. The molecule has 4 rings (SSSR count). The zero-order valence-corrected chi connectivity index (χ0v) is 15.5. The van der Waals surface area contributed by atoms with Gasteiger partial charge in [-0.3, -0.25) is 9.59 Å². The zero-order chi connectivity index (χ0) is 19.0. The van der Waals surface area contributed by atoms with E-state index in [-0.39, 0.29) is 11.8 Å². The van der Waals surface area contributed by atoms with Crippen LogP contribution in [0.5, 0.6) is 11.5 Å². The van der Waals surface area contributed by atoms with Crippen LogP contribution in [0.2, 0.25) is 0 Å². The molecule has 2 aromatic rings. The van der Waals surface area contributed by atoms with Gasteiger partial charge in [0.2, 0.25) is 5.91 Å². The summed E-state index contributed by atoms with van der Waals surface area (Å²) in [7, 11) is 3.08. The van der Waals surface area contributed by atoms with E-state index in [1.807, 2.05) is 30.3 Å². The van der Waals surface area contributed by atoms with E-state index in [1.165, 1.54) is 7.11 Å². The maximum absolute atomic E-state index is 13.4. The summed E-state index contributed by atoms with van der Waals surface area (Å²) < 4.78 is 10.8. The lowest BCUT2D eigenvalue weighted by molar-refractivity contribution is -0.122. The molecule has 2 aromatic carbocycles. The van der Waals surface area contributed by atoms with Gasteiger partial charge in [0.1, 0.15) is 6.04 Å². The van der Waals surface area contributed by atoms with E-state index >= 15 is 0 Å². The molecule has 0 aliphatic carbocycles. The highest BCUT2D eigenvalue weighted by molar-refractivity contribution is 6.11. The molecule has 2 aliphatic rings. The van der Waals surface area contributed by atoms with Crippen molar-refractivity contribution in [3.05, 3.63) is 53.6 Å². The Balaban J connectivity index is 1.87. The van der Waals surface area contributed by atoms with E-state index in [4.69, 9.17) is 9.47 Å². The molecule has 140 valence electrons. The second kappa shape index (κ2) is 6.95. The number of hydrogen-bond donors (Lipinski definition) is 0. The molecule has 0 N–H and O–H groups in total. The van der Waals surface area contributed by atoms with Crippen LogP contribution in [0.25, 0.3) is 0 Å². The highest BCUT2D eigenvalue weighted by atomic mass is 16.5. The molecule has 0 aromatic heterocycles. The van der Waals surface area contributed by atoms with Crippen LogP contribution >= 0.6 is 0 Å². The van der Waals surface area contributed by atoms with Crippen LogP contribution < -0.4 is 14.4 Å². The minimum absolute atomic E-state index is 0.0457. The topological polar surface area (TPSA) is 59.1 Å². The predicted molar refractivity (Wildman–Crippen MR) is 101 cm³/mol. The molecule has 0 unspecified atom stereocenters. The van der Waals surface area contributed by atoms with Crippen molar-refractivity contribution in [1.82, 2.24) is 4.90 Å². The monoisotopic (exact) mass is 366 g/mol. The van der Waals surface area contributed by atoms with Gasteiger partial charge in [-0.05, 0) is 24.5 Å². The summed E-state index contributed by atoms with van der Waals surface area (Å²) in [6.07, 6.45) is 1.53. The van der Waals surface area contributed by atoms with E-state index in [9.17, 15) is 9.59 Å². The number of amides is 2. The molecule has 6 nitrogen and oxygen atoms in total. The van der Waals surface area contributed by atoms with Crippen molar-refractivity contribution in [2.24, 2.45) is 0 Å². The summed E-state index contributed by atoms with van der Waals surface area (Å²) in [4.78, 5) is 29.9. The van der Waals surface area contributed by atoms with Crippen molar-refractivity contribution in [2.75, 3.05) is 25.7 Å². The third-order valence-corrected chi connectivity index (χ3v) is 5.27. The van der Waals surface area contributed by atoms with Gasteiger partial charge in [-0.25, -0.2) is 0 Å². The number of anilines is 1. The van der Waals surface area contributed by atoms with Gasteiger partial charge in [0.15, 0.2) is 11.5 Å². The van der Waals surface area contributed by atoms with Crippen LogP contribution in [-0.2, 0) is 11.3 Å². The van der Waals surface area contributed by atoms with Crippen LogP contribution in [-0.4, -0.2) is 43.5 Å². The summed E-state index contributed by atoms with van der Waals surface area (Å²) in [5.74, 6) is 0.805. The average molecular weight is 366 g/mol. The average Bonchev–Trinajstić information content (AvgIpc) is 3.18. The summed E-state index contributed by atoms with van der Waals surface area (Å²) in [6.45, 7) is 1.00. The molecular weight excluding hydrogens is 344 g/mol. The number of carbonyl (C=O) groups excluding carboxylic acids is 2. The van der Waals surface area contributed by atoms with Crippen molar-refractivity contribution in [3.8, 4) is 11.5 Å². The quantitative estimate of drug-likeness (QED) is 0.835. The van der Waals surface area contributed by atoms with Gasteiger partial charge >= 0.3 is 0 Å². The minimum atomic E-state index is -0.411. The Morgan fingerprint density at radius 1 is 1.04 bits per heavy atom. The lowest BCUT2D eigenvalue weighted by Crippen LogP contribution is -2.44. The summed E-state index contributed by atoms with van der Waals surface area (Å²) in [5.41, 5.74) is 2.05. The van der Waals surface area contributed by atoms with E-state index < -0.39 is 6.04 Å². The normalized spacial score (nSPS) is 18.8. The molecule has 0 spiro atoms. The third-order valence-electron chi connectivity index (χ3n) is 5.27. The number of rotatable bonds is 4. The van der Waals surface area contributed by atoms with Gasteiger partial charge in [0.05, 0.1) is 32.0 Å². The van der Waals surface area contributed by atoms with Crippen molar-refractivity contribution < 1.29 is 19.1 Å². The van der Waals surface area contributed by atoms with Crippen LogP contribution in [0.15, 0.2) is 42.5 Å². The third kappa shape index (κ3) is 2.91. The van der Waals surface area contributed by atoms with E-state index in [0.717, 1.165) is 12.0 Å². The molecule has 0 saturated carbocycles. The standard InChI is InChI=1S/C21H22N2O4/c1-26-18-11-15-17(12-19(18)27-2)23(13-14-7-4-3-5-8-14)21(25)16-9-6-10-22(16)20(15)24/h3-5,7-8,11-12,16H,6,9-10,13H2,1-2H3/t16-/m0/s1. The molecule has 2 aliphatic heterocycles. The summed E-state index contributed by atoms with van der Waals surface area (Å²) in [5, 5.41) is 0. The Morgan fingerprint density at radius 3 is 2.44 bits per heavy atom. The molecule has 1 fully saturated rings. The lowest BCUT2D eigenvalue weighted by atomic mass is 10.1. The molecule has 2 amide bonds. The van der Waals surface area contributed by atoms with Gasteiger partial charge in [-0.2, -0.15) is 0 Å². The minimum Gasteiger partial charge on any atom is -0.493 e. The number of fused-ring (bicyclic) bond motifs is 2. The second-order valence-corrected chi connectivity index (χ2v) is 6.79. The first kappa shape index (κ1) is 17.4. The maximum atomic E-state index is 13.4. The van der Waals surface area contributed by atoms with Gasteiger partial charge in [0.25, 0.3) is 5.91 Å². The van der Waals surface area contributed by atoms with Crippen LogP contribution in [0.4, 0.5) is 5.69 Å². The van der Waals surface area contributed by atoms with Gasteiger partial charge in [-0.1, -0.05) is 30.3 Å². The van der Waals surface area contributed by atoms with Gasteiger partial charge < -0.3 is 19.3 Å². The smallest absolute Gasteiger partial charge is 0.256 e. The van der Waals surface area contributed by atoms with Crippen molar-refractivity contribution in [2.45, 2.75) is 25.4 Å². The Hall–Kier alpha value is -3.02. The first-order valence-corrected chi connectivity index (χ1v) is 9.06. The van der Waals surface area contributed by atoms with Gasteiger partial charge in [0, 0.05) is 12.6 Å². The van der Waals surface area contributed by atoms with E-state index in [2.05, 4.69) is 0 Å². The first-order chi connectivity index (χ1) is 13.1. The SMILES string of the molecule is COc1cc2c(cc1OC)N(Cc1ccccc1)C(=O)[C@@H]1CCCN1C2=O. The molecule has 6 heteroatoms. The Kier molecular flexibility index (Phi) is 4.48. The van der Waals surface area contributed by atoms with E-state index in [0.29, 0.717) is 42.3 Å². The summed E-state index contributed by atoms with van der Waals surface area (Å²) in [6, 6.07) is 12.8. The number of hydrogen-bond acceptors (Lipinski definition) is 4. The molecule has 1 atom stereocenters. The molecular formula is C21H22N2O4. The number of carbonyl (C=O) groups is 2. The number of benzene rings is 2. The highest BCUT2D eigenvalue weighted by Gasteiger charge is 2.42. The number of methoxy groups -OCH3 is 2. The summed E-state index contributed by atoms with van der Waals surface area (Å²) >= 11 is 0. The van der Waals surface area contributed by atoms with Crippen molar-refractivity contribution >= 4 is 17.5 Å². The lowest BCUT2D eigenvalue weighted by Gasteiger charge is -2.26. The fraction of sp³-hybridized carbons (Fsp3) is 0.333. The molecule has 0 radical (unpaired) electrons. The Morgan fingerprint density at radius 2 is 1.74 bits per heavy atom. The largest absolute Gasteiger partial charge is 0.493 e. The van der Waals surface area contributed by atoms with Crippen LogP contribution in [0, 0.1) is 0 Å². The van der Waals surface area contributed by atoms with Crippen molar-refractivity contribution in [1.29, 1.82) is 0 Å². The Bertz CT molecular complexity index is 881. The zero-order valence-electron chi connectivity index (χ0n) is 15.5. The van der Waals surface area contributed by atoms with Crippen LogP contribution in [0.3, 0.4) is 0 Å². The molecule has 27 heavy (non-hydrogen) atoms. The highest BCUT2D eigenvalue weighted by Crippen LogP contribution is 2.40. The molecule has 2 heterocycles. The maximum Gasteiger partial charge on any atom is 0.256 e. The molecule has 0 bridgehead atoms. The van der Waals surface area contributed by atoms with Gasteiger partial charge in [-0.15, -0.1) is 0 Å². The molecule has 1 saturated heterocycles. The number of ether oxygens (including phenoxy) is 2. The fourth-order valence-electron chi connectivity index (χ4n) is 3.91. The number of nitrogens with zero attached hydrogens (tertiary/aromatic N) is 2. The second-order valence-electron chi connectivity index (χ2n) is 6.79. The first-order valence-electron chi connectivity index (χ1n) is 9.06.